The zero-order chi connectivity index (χ0) is 11.4. The average Bonchev–Trinajstić information content (AvgIpc) is 1.98. The molecule has 0 saturated carbocycles. The number of amides is 1. The van der Waals surface area contributed by atoms with Gasteiger partial charge in [0.15, 0.2) is 0 Å². The van der Waals surface area contributed by atoms with Gasteiger partial charge in [-0.1, -0.05) is 13.8 Å². The molecule has 0 radical (unpaired) electrons. The summed E-state index contributed by atoms with van der Waals surface area (Å²) in [4.78, 5) is 24.3. The molecule has 0 aromatic carbocycles. The van der Waals surface area contributed by atoms with Crippen LogP contribution in [0.2, 0.25) is 0 Å². The minimum atomic E-state index is 0.0353. The van der Waals surface area contributed by atoms with Crippen molar-refractivity contribution in [1.29, 1.82) is 0 Å². The molecule has 0 spiro atoms. The van der Waals surface area contributed by atoms with Crippen LogP contribution in [0, 0.1) is 5.92 Å². The van der Waals surface area contributed by atoms with Crippen molar-refractivity contribution in [3.8, 4) is 0 Å². The molecule has 1 amide bonds. The highest BCUT2D eigenvalue weighted by Gasteiger charge is 2.25. The summed E-state index contributed by atoms with van der Waals surface area (Å²) in [6, 6.07) is 0.200. The lowest BCUT2D eigenvalue weighted by atomic mass is 10.0. The van der Waals surface area contributed by atoms with Crippen LogP contribution in [0.15, 0.2) is 0 Å². The van der Waals surface area contributed by atoms with Gasteiger partial charge in [0.25, 0.3) is 0 Å². The molecule has 1 atom stereocenters. The van der Waals surface area contributed by atoms with E-state index in [1.165, 1.54) is 0 Å². The molecule has 1 fully saturated rings. The third-order valence-electron chi connectivity index (χ3n) is 2.41. The maximum Gasteiger partial charge on any atom is 0.234 e. The van der Waals surface area contributed by atoms with Crippen molar-refractivity contribution in [3.05, 3.63) is 0 Å². The smallest absolute Gasteiger partial charge is 0.234 e. The molecule has 0 aromatic rings. The molecule has 1 saturated heterocycles. The topological polar surface area (TPSA) is 49.4 Å². The lowest BCUT2D eigenvalue weighted by Gasteiger charge is -2.33. The van der Waals surface area contributed by atoms with Crippen molar-refractivity contribution in [3.63, 3.8) is 0 Å². The molecule has 1 unspecified atom stereocenters. The van der Waals surface area contributed by atoms with E-state index in [0.717, 1.165) is 13.0 Å². The molecule has 4 nitrogen and oxygen atoms in total. The van der Waals surface area contributed by atoms with Crippen LogP contribution in [0.4, 0.5) is 0 Å². The number of hydrogen-bond donors (Lipinski definition) is 1. The van der Waals surface area contributed by atoms with Crippen LogP contribution in [0.1, 0.15) is 27.2 Å². The van der Waals surface area contributed by atoms with Crippen LogP contribution in [0.5, 0.6) is 0 Å². The molecule has 86 valence electrons. The Kier molecular flexibility index (Phi) is 4.27. The zero-order valence-corrected chi connectivity index (χ0v) is 9.75. The molecule has 1 rings (SSSR count). The number of nitrogens with zero attached hydrogens (tertiary/aromatic N) is 1. The van der Waals surface area contributed by atoms with Crippen molar-refractivity contribution < 1.29 is 9.59 Å². The van der Waals surface area contributed by atoms with E-state index in [2.05, 4.69) is 19.2 Å². The summed E-state index contributed by atoms with van der Waals surface area (Å²) < 4.78 is 0. The van der Waals surface area contributed by atoms with E-state index in [1.54, 1.807) is 6.92 Å². The lowest BCUT2D eigenvalue weighted by Crippen LogP contribution is -2.55. The number of piperazine rings is 1. The fourth-order valence-electron chi connectivity index (χ4n) is 2.04. The number of nitrogens with one attached hydrogen (secondary N) is 1. The Labute approximate surface area is 91.0 Å². The molecule has 4 heteroatoms. The molecule has 15 heavy (non-hydrogen) atoms. The number of carbonyl (C=O) groups excluding carboxylic acids is 2. The fraction of sp³-hybridized carbons (Fsp3) is 0.818. The van der Waals surface area contributed by atoms with Gasteiger partial charge >= 0.3 is 0 Å². The van der Waals surface area contributed by atoms with E-state index in [-0.39, 0.29) is 17.7 Å². The van der Waals surface area contributed by atoms with E-state index >= 15 is 0 Å². The minimum Gasteiger partial charge on any atom is -0.351 e. The average molecular weight is 212 g/mol. The van der Waals surface area contributed by atoms with Gasteiger partial charge in [0, 0.05) is 12.6 Å². The van der Waals surface area contributed by atoms with Crippen LogP contribution < -0.4 is 5.32 Å². The number of carbonyl (C=O) groups is 2. The molecule has 1 aliphatic heterocycles. The van der Waals surface area contributed by atoms with Gasteiger partial charge in [-0.2, -0.15) is 0 Å². The first kappa shape index (κ1) is 12.2. The summed E-state index contributed by atoms with van der Waals surface area (Å²) in [5.74, 6) is 0.716. The first-order chi connectivity index (χ1) is 6.97. The van der Waals surface area contributed by atoms with Gasteiger partial charge in [-0.25, -0.2) is 0 Å². The number of rotatable bonds is 4. The summed E-state index contributed by atoms with van der Waals surface area (Å²) >= 11 is 0. The maximum atomic E-state index is 11.4. The van der Waals surface area contributed by atoms with Crippen LogP contribution >= 0.6 is 0 Å². The Hall–Kier alpha value is -0.900. The Morgan fingerprint density at radius 2 is 2.27 bits per heavy atom. The van der Waals surface area contributed by atoms with Gasteiger partial charge in [0.1, 0.15) is 5.78 Å². The molecular weight excluding hydrogens is 192 g/mol. The van der Waals surface area contributed by atoms with Gasteiger partial charge in [-0.05, 0) is 19.3 Å². The van der Waals surface area contributed by atoms with Gasteiger partial charge in [-0.3, -0.25) is 14.5 Å². The van der Waals surface area contributed by atoms with E-state index in [1.807, 2.05) is 4.90 Å². The van der Waals surface area contributed by atoms with E-state index < -0.39 is 0 Å². The minimum absolute atomic E-state index is 0.0353. The van der Waals surface area contributed by atoms with E-state index in [9.17, 15) is 9.59 Å². The lowest BCUT2D eigenvalue weighted by molar-refractivity contribution is -0.127. The second-order valence-corrected chi connectivity index (χ2v) is 4.77. The first-order valence-corrected chi connectivity index (χ1v) is 5.48. The van der Waals surface area contributed by atoms with E-state index in [4.69, 9.17) is 0 Å². The van der Waals surface area contributed by atoms with Gasteiger partial charge in [-0.15, -0.1) is 0 Å². The number of ketones is 1. The van der Waals surface area contributed by atoms with Crippen LogP contribution in [0.3, 0.4) is 0 Å². The summed E-state index contributed by atoms with van der Waals surface area (Å²) in [5, 5.41) is 2.96. The summed E-state index contributed by atoms with van der Waals surface area (Å²) in [6.07, 6.45) is 0.972. The maximum absolute atomic E-state index is 11.4. The largest absolute Gasteiger partial charge is 0.351 e. The van der Waals surface area contributed by atoms with Crippen molar-refractivity contribution in [1.82, 2.24) is 10.2 Å². The Bertz CT molecular complexity index is 249. The van der Waals surface area contributed by atoms with Crippen LogP contribution in [-0.2, 0) is 9.59 Å². The van der Waals surface area contributed by atoms with Gasteiger partial charge in [0.2, 0.25) is 5.91 Å². The van der Waals surface area contributed by atoms with Crippen molar-refractivity contribution in [2.75, 3.05) is 19.6 Å². The van der Waals surface area contributed by atoms with Crippen molar-refractivity contribution in [2.24, 2.45) is 5.92 Å². The van der Waals surface area contributed by atoms with Crippen molar-refractivity contribution >= 4 is 11.7 Å². The molecular formula is C11H20N2O2. The molecule has 0 aliphatic carbocycles. The van der Waals surface area contributed by atoms with Crippen LogP contribution in [0.25, 0.3) is 0 Å². The van der Waals surface area contributed by atoms with Gasteiger partial charge in [0.05, 0.1) is 13.1 Å². The zero-order valence-electron chi connectivity index (χ0n) is 9.75. The first-order valence-electron chi connectivity index (χ1n) is 5.48. The Balaban J connectivity index is 2.48. The monoisotopic (exact) mass is 212 g/mol. The Morgan fingerprint density at radius 3 is 2.80 bits per heavy atom. The highest BCUT2D eigenvalue weighted by Crippen LogP contribution is 2.09. The molecule has 1 N–H and O–H groups in total. The SMILES string of the molecule is CC(=O)CN1CC(=O)NC(CC(C)C)C1. The van der Waals surface area contributed by atoms with Gasteiger partial charge < -0.3 is 5.32 Å². The third kappa shape index (κ3) is 4.42. The predicted molar refractivity (Wildman–Crippen MR) is 58.5 cm³/mol. The fourth-order valence-corrected chi connectivity index (χ4v) is 2.04. The third-order valence-corrected chi connectivity index (χ3v) is 2.41. The van der Waals surface area contributed by atoms with E-state index in [0.29, 0.717) is 19.0 Å². The second kappa shape index (κ2) is 5.26. The number of Topliss-reactive ketones (excluding diaryl/α,β-unsaturated/α-hetero) is 1. The Morgan fingerprint density at radius 1 is 1.60 bits per heavy atom. The standard InChI is InChI=1S/C11H20N2O2/c1-8(2)4-10-6-13(5-9(3)14)7-11(15)12-10/h8,10H,4-7H2,1-3H3,(H,12,15). The summed E-state index contributed by atoms with van der Waals surface area (Å²) in [7, 11) is 0. The summed E-state index contributed by atoms with van der Waals surface area (Å²) in [6.45, 7) is 7.37. The number of hydrogen-bond acceptors (Lipinski definition) is 3. The highest BCUT2D eigenvalue weighted by atomic mass is 16.2. The van der Waals surface area contributed by atoms with Crippen LogP contribution in [-0.4, -0.2) is 42.3 Å². The molecule has 1 aliphatic rings. The quantitative estimate of drug-likeness (QED) is 0.735. The second-order valence-electron chi connectivity index (χ2n) is 4.77. The normalized spacial score (nSPS) is 22.9. The highest BCUT2D eigenvalue weighted by molar-refractivity contribution is 5.81. The molecule has 0 aromatic heterocycles. The summed E-state index contributed by atoms with van der Waals surface area (Å²) in [5.41, 5.74) is 0. The van der Waals surface area contributed by atoms with Crippen molar-refractivity contribution in [2.45, 2.75) is 33.2 Å². The molecule has 0 bridgehead atoms. The predicted octanol–water partition coefficient (Wildman–Crippen LogP) is 0.422. The molecule has 1 heterocycles.